The van der Waals surface area contributed by atoms with E-state index in [0.717, 1.165) is 22.6 Å². The van der Waals surface area contributed by atoms with Crippen LogP contribution in [0.4, 0.5) is 0 Å². The number of benzene rings is 1. The van der Waals surface area contributed by atoms with Gasteiger partial charge in [-0.2, -0.15) is 0 Å². The van der Waals surface area contributed by atoms with Crippen LogP contribution in [0.2, 0.25) is 0 Å². The Bertz CT molecular complexity index is 850. The molecule has 7 nitrogen and oxygen atoms in total. The van der Waals surface area contributed by atoms with Crippen LogP contribution in [0, 0.1) is 5.92 Å². The molecule has 2 N–H and O–H groups in total. The smallest absolute Gasteiger partial charge is 0.231 e. The van der Waals surface area contributed by atoms with Crippen molar-refractivity contribution in [3.63, 3.8) is 0 Å². The number of carbonyl (C=O) groups is 1. The number of aromatic nitrogens is 1. The molecule has 1 aromatic carbocycles. The van der Waals surface area contributed by atoms with Crippen LogP contribution in [0.5, 0.6) is 17.2 Å². The molecule has 0 saturated heterocycles. The number of aryl methyl sites for hydroxylation is 1. The Hall–Kier alpha value is -2.80. The number of aliphatic hydroxyl groups is 1. The first-order chi connectivity index (χ1) is 13.6. The molecule has 4 rings (SSSR count). The van der Waals surface area contributed by atoms with Crippen LogP contribution in [-0.4, -0.2) is 36.0 Å². The van der Waals surface area contributed by atoms with Crippen molar-refractivity contribution in [1.29, 1.82) is 0 Å². The Morgan fingerprint density at radius 1 is 1.29 bits per heavy atom. The van der Waals surface area contributed by atoms with Crippen molar-refractivity contribution in [2.75, 3.05) is 13.9 Å². The van der Waals surface area contributed by atoms with Gasteiger partial charge < -0.3 is 24.6 Å². The van der Waals surface area contributed by atoms with Gasteiger partial charge in [0.25, 0.3) is 0 Å². The molecule has 0 radical (unpaired) electrons. The maximum absolute atomic E-state index is 12.6. The molecule has 2 aliphatic rings. The molecule has 1 amide bonds. The average Bonchev–Trinajstić information content (AvgIpc) is 3.16. The first-order valence-corrected chi connectivity index (χ1v) is 9.47. The van der Waals surface area contributed by atoms with Gasteiger partial charge in [-0.05, 0) is 54.5 Å². The van der Waals surface area contributed by atoms with Crippen LogP contribution in [0.25, 0.3) is 0 Å². The molecule has 2 heterocycles. The molecule has 1 aliphatic carbocycles. The third-order valence-electron chi connectivity index (χ3n) is 5.34. The van der Waals surface area contributed by atoms with Gasteiger partial charge in [0.2, 0.25) is 12.7 Å². The molecule has 1 atom stereocenters. The summed E-state index contributed by atoms with van der Waals surface area (Å²) in [5, 5.41) is 12.8. The van der Waals surface area contributed by atoms with E-state index in [9.17, 15) is 9.90 Å². The van der Waals surface area contributed by atoms with Crippen molar-refractivity contribution in [3.8, 4) is 17.2 Å². The molecule has 1 saturated carbocycles. The molecule has 28 heavy (non-hydrogen) atoms. The van der Waals surface area contributed by atoms with Crippen LogP contribution in [0.1, 0.15) is 36.4 Å². The fourth-order valence-corrected chi connectivity index (χ4v) is 3.69. The van der Waals surface area contributed by atoms with Crippen molar-refractivity contribution in [2.45, 2.75) is 37.8 Å². The molecule has 1 fully saturated rings. The molecule has 1 unspecified atom stereocenters. The number of amides is 1. The Kier molecular flexibility index (Phi) is 5.34. The number of nitrogens with zero attached hydrogens (tertiary/aromatic N) is 1. The van der Waals surface area contributed by atoms with Gasteiger partial charge in [-0.25, -0.2) is 0 Å². The topological polar surface area (TPSA) is 89.9 Å². The second-order valence-corrected chi connectivity index (χ2v) is 7.28. The molecule has 1 aliphatic heterocycles. The zero-order valence-corrected chi connectivity index (χ0v) is 15.8. The third kappa shape index (κ3) is 4.04. The number of pyridine rings is 1. The maximum Gasteiger partial charge on any atom is 0.231 e. The number of ether oxygens (including phenoxy) is 3. The second kappa shape index (κ2) is 8.06. The number of fused-ring (bicyclic) bond motifs is 1. The summed E-state index contributed by atoms with van der Waals surface area (Å²) in [5.74, 6) is 2.27. The molecule has 7 heteroatoms. The normalized spacial score (nSPS) is 20.9. The predicted molar refractivity (Wildman–Crippen MR) is 101 cm³/mol. The molecule has 0 spiro atoms. The molecular formula is C21H24N2O5. The van der Waals surface area contributed by atoms with Crippen LogP contribution in [-0.2, 0) is 11.2 Å². The lowest BCUT2D eigenvalue weighted by atomic mass is 9.75. The fraction of sp³-hybridized carbons (Fsp3) is 0.429. The highest BCUT2D eigenvalue weighted by Gasteiger charge is 2.36. The number of hydrogen-bond donors (Lipinski definition) is 2. The zero-order valence-electron chi connectivity index (χ0n) is 15.8. The van der Waals surface area contributed by atoms with Gasteiger partial charge in [-0.15, -0.1) is 0 Å². The van der Waals surface area contributed by atoms with Crippen molar-refractivity contribution in [2.24, 2.45) is 5.92 Å². The van der Waals surface area contributed by atoms with E-state index in [0.29, 0.717) is 31.4 Å². The maximum atomic E-state index is 12.6. The van der Waals surface area contributed by atoms with Crippen molar-refractivity contribution in [3.05, 3.63) is 47.8 Å². The van der Waals surface area contributed by atoms with Gasteiger partial charge >= 0.3 is 0 Å². The largest absolute Gasteiger partial charge is 0.495 e. The quantitative estimate of drug-likeness (QED) is 0.762. The second-order valence-electron chi connectivity index (χ2n) is 7.28. The van der Waals surface area contributed by atoms with E-state index >= 15 is 0 Å². The first-order valence-electron chi connectivity index (χ1n) is 9.47. The highest BCUT2D eigenvalue weighted by atomic mass is 16.7. The summed E-state index contributed by atoms with van der Waals surface area (Å²) >= 11 is 0. The summed E-state index contributed by atoms with van der Waals surface area (Å²) < 4.78 is 16.0. The minimum atomic E-state index is -0.295. The lowest BCUT2D eigenvalue weighted by Crippen LogP contribution is -2.41. The summed E-state index contributed by atoms with van der Waals surface area (Å²) in [5.41, 5.74) is 1.92. The molecule has 2 aromatic rings. The van der Waals surface area contributed by atoms with Gasteiger partial charge in [-0.3, -0.25) is 9.78 Å². The molecule has 0 bridgehead atoms. The van der Waals surface area contributed by atoms with Crippen molar-refractivity contribution < 1.29 is 24.1 Å². The lowest BCUT2D eigenvalue weighted by Gasteiger charge is -2.38. The van der Waals surface area contributed by atoms with Crippen LogP contribution >= 0.6 is 0 Å². The van der Waals surface area contributed by atoms with Gasteiger partial charge in [0.15, 0.2) is 11.5 Å². The zero-order chi connectivity index (χ0) is 19.5. The molecular weight excluding hydrogens is 360 g/mol. The van der Waals surface area contributed by atoms with Crippen LogP contribution in [0.15, 0.2) is 36.7 Å². The number of carbonyl (C=O) groups excluding carboxylic acids is 1. The first kappa shape index (κ1) is 18.6. The highest BCUT2D eigenvalue weighted by molar-refractivity contribution is 5.76. The van der Waals surface area contributed by atoms with Gasteiger partial charge in [0.05, 0.1) is 25.5 Å². The van der Waals surface area contributed by atoms with E-state index in [4.69, 9.17) is 14.2 Å². The average molecular weight is 384 g/mol. The van der Waals surface area contributed by atoms with Gasteiger partial charge in [0.1, 0.15) is 5.75 Å². The molecule has 148 valence electrons. The van der Waals surface area contributed by atoms with E-state index < -0.39 is 0 Å². The van der Waals surface area contributed by atoms with E-state index in [-0.39, 0.29) is 30.8 Å². The Balaban J connectivity index is 1.40. The standard InChI is InChI=1S/C21H24N2O5/c1-26-17-9-15(10-22-11-17)21(14-7-16(24)8-14)23-20(25)5-3-13-2-4-18-19(6-13)28-12-27-18/h2,4,6,9-11,14,16,21,24H,3,5,7-8,12H2,1H3,(H,23,25). The SMILES string of the molecule is COc1cncc(C(NC(=O)CCc2ccc3c(c2)OCO3)C2CC(O)C2)c1. The van der Waals surface area contributed by atoms with E-state index in [1.807, 2.05) is 24.3 Å². The van der Waals surface area contributed by atoms with Crippen LogP contribution in [0.3, 0.4) is 0 Å². The minimum Gasteiger partial charge on any atom is -0.495 e. The van der Waals surface area contributed by atoms with E-state index in [1.165, 1.54) is 0 Å². The van der Waals surface area contributed by atoms with Crippen molar-refractivity contribution >= 4 is 5.91 Å². The summed E-state index contributed by atoms with van der Waals surface area (Å²) in [4.78, 5) is 16.8. The summed E-state index contributed by atoms with van der Waals surface area (Å²) in [7, 11) is 1.59. The lowest BCUT2D eigenvalue weighted by molar-refractivity contribution is -0.123. The van der Waals surface area contributed by atoms with Gasteiger partial charge in [-0.1, -0.05) is 6.07 Å². The van der Waals surface area contributed by atoms with Crippen molar-refractivity contribution in [1.82, 2.24) is 10.3 Å². The Labute approximate surface area is 163 Å². The summed E-state index contributed by atoms with van der Waals surface area (Å²) in [6, 6.07) is 7.44. The number of aliphatic hydroxyl groups excluding tert-OH is 1. The number of hydrogen-bond acceptors (Lipinski definition) is 6. The number of nitrogens with one attached hydrogen (secondary N) is 1. The van der Waals surface area contributed by atoms with E-state index in [1.54, 1.807) is 19.5 Å². The summed E-state index contributed by atoms with van der Waals surface area (Å²) in [6.45, 7) is 0.239. The summed E-state index contributed by atoms with van der Waals surface area (Å²) in [6.07, 6.45) is 5.40. The highest BCUT2D eigenvalue weighted by Crippen LogP contribution is 2.38. The third-order valence-corrected chi connectivity index (χ3v) is 5.34. The Morgan fingerprint density at radius 3 is 2.89 bits per heavy atom. The Morgan fingerprint density at radius 2 is 2.11 bits per heavy atom. The fourth-order valence-electron chi connectivity index (χ4n) is 3.69. The molecule has 1 aromatic heterocycles. The van der Waals surface area contributed by atoms with Gasteiger partial charge in [0, 0.05) is 12.6 Å². The van der Waals surface area contributed by atoms with Crippen LogP contribution < -0.4 is 19.5 Å². The minimum absolute atomic E-state index is 0.0353. The monoisotopic (exact) mass is 384 g/mol. The number of rotatable bonds is 7. The number of methoxy groups -OCH3 is 1. The van der Waals surface area contributed by atoms with E-state index in [2.05, 4.69) is 10.3 Å². The predicted octanol–water partition coefficient (Wildman–Crippen LogP) is 2.38.